The van der Waals surface area contributed by atoms with Gasteiger partial charge in [-0.05, 0) is 6.07 Å². The van der Waals surface area contributed by atoms with Gasteiger partial charge in [-0.1, -0.05) is 0 Å². The molecule has 0 amide bonds. The minimum Gasteiger partial charge on any atom is -0.481 e. The molecule has 6 heteroatoms. The summed E-state index contributed by atoms with van der Waals surface area (Å²) < 4.78 is 5.01. The van der Waals surface area contributed by atoms with Crippen LogP contribution in [0.5, 0.6) is 5.88 Å². The van der Waals surface area contributed by atoms with Crippen molar-refractivity contribution in [1.29, 1.82) is 0 Å². The Kier molecular flexibility index (Phi) is 3.24. The quantitative estimate of drug-likeness (QED) is 0.664. The number of nitrogens with one attached hydrogen (secondary N) is 2. The highest BCUT2D eigenvalue weighted by molar-refractivity contribution is 6.00. The van der Waals surface area contributed by atoms with Gasteiger partial charge >= 0.3 is 0 Å². The minimum absolute atomic E-state index is 0.351. The van der Waals surface area contributed by atoms with Crippen LogP contribution in [0.25, 0.3) is 5.70 Å². The zero-order chi connectivity index (χ0) is 12.3. The largest absolute Gasteiger partial charge is 0.481 e. The summed E-state index contributed by atoms with van der Waals surface area (Å²) in [5.41, 5.74) is 7.61. The fraction of sp³-hybridized carbons (Fsp3) is 0.273. The molecule has 1 aliphatic rings. The van der Waals surface area contributed by atoms with Crippen LogP contribution in [0.3, 0.4) is 0 Å². The lowest BCUT2D eigenvalue weighted by molar-refractivity contribution is 0.398. The lowest BCUT2D eigenvalue weighted by Gasteiger charge is -2.25. The number of rotatable bonds is 2. The number of nitrogens with zero attached hydrogens (tertiary/aromatic N) is 2. The Morgan fingerprint density at radius 2 is 2.24 bits per heavy atom. The first-order chi connectivity index (χ1) is 8.22. The van der Waals surface area contributed by atoms with Gasteiger partial charge in [-0.25, -0.2) is 4.98 Å². The molecule has 0 saturated carbocycles. The highest BCUT2D eigenvalue weighted by Crippen LogP contribution is 2.15. The number of ether oxygens (including phenoxy) is 1. The first-order valence-corrected chi connectivity index (χ1v) is 5.20. The average molecular weight is 233 g/mol. The SMILES string of the molecule is CN=C1C=C(c2ccc(OC)nc2)NC(N)N1. The van der Waals surface area contributed by atoms with Gasteiger partial charge in [0.2, 0.25) is 5.88 Å². The van der Waals surface area contributed by atoms with Crippen molar-refractivity contribution >= 4 is 11.5 Å². The van der Waals surface area contributed by atoms with E-state index in [4.69, 9.17) is 10.5 Å². The molecule has 0 saturated heterocycles. The minimum atomic E-state index is -0.351. The monoisotopic (exact) mass is 233 g/mol. The van der Waals surface area contributed by atoms with Gasteiger partial charge in [0.15, 0.2) is 6.29 Å². The number of nitrogens with two attached hydrogens (primary N) is 1. The summed E-state index contributed by atoms with van der Waals surface area (Å²) in [4.78, 5) is 8.22. The van der Waals surface area contributed by atoms with Crippen molar-refractivity contribution in [2.75, 3.05) is 14.2 Å². The second-order valence-electron chi connectivity index (χ2n) is 3.52. The molecule has 0 fully saturated rings. The molecule has 2 heterocycles. The maximum Gasteiger partial charge on any atom is 0.212 e. The molecule has 0 aliphatic carbocycles. The zero-order valence-corrected chi connectivity index (χ0v) is 9.77. The fourth-order valence-corrected chi connectivity index (χ4v) is 1.54. The first kappa shape index (κ1) is 11.4. The number of aliphatic imine (C=N–C) groups is 1. The highest BCUT2D eigenvalue weighted by atomic mass is 16.5. The van der Waals surface area contributed by atoms with E-state index in [1.807, 2.05) is 12.1 Å². The Morgan fingerprint density at radius 3 is 2.82 bits per heavy atom. The van der Waals surface area contributed by atoms with Gasteiger partial charge in [0.25, 0.3) is 0 Å². The van der Waals surface area contributed by atoms with Crippen LogP contribution in [-0.4, -0.2) is 31.3 Å². The van der Waals surface area contributed by atoms with E-state index in [-0.39, 0.29) is 6.29 Å². The van der Waals surface area contributed by atoms with Crippen molar-refractivity contribution in [2.45, 2.75) is 6.29 Å². The molecule has 17 heavy (non-hydrogen) atoms. The van der Waals surface area contributed by atoms with Crippen LogP contribution in [-0.2, 0) is 0 Å². The molecule has 0 radical (unpaired) electrons. The van der Waals surface area contributed by atoms with Crippen LogP contribution in [0.15, 0.2) is 29.4 Å². The molecule has 2 rings (SSSR count). The van der Waals surface area contributed by atoms with Gasteiger partial charge in [0.1, 0.15) is 5.84 Å². The second-order valence-corrected chi connectivity index (χ2v) is 3.52. The molecule has 1 aromatic heterocycles. The maximum absolute atomic E-state index is 5.80. The molecular formula is C11H15N5O. The standard InChI is InChI=1S/C11H15N5O/c1-13-9-5-8(15-11(12)16-9)7-3-4-10(17-2)14-6-7/h3-6,11,15H,12H2,1-2H3,(H,13,16). The van der Waals surface area contributed by atoms with Crippen LogP contribution in [0.4, 0.5) is 0 Å². The summed E-state index contributed by atoms with van der Waals surface area (Å²) >= 11 is 0. The van der Waals surface area contributed by atoms with Gasteiger partial charge in [-0.3, -0.25) is 10.7 Å². The first-order valence-electron chi connectivity index (χ1n) is 5.20. The second kappa shape index (κ2) is 4.84. The van der Waals surface area contributed by atoms with Crippen molar-refractivity contribution in [2.24, 2.45) is 10.7 Å². The lowest BCUT2D eigenvalue weighted by Crippen LogP contribution is -2.53. The predicted molar refractivity (Wildman–Crippen MR) is 66.4 cm³/mol. The molecule has 1 aromatic rings. The van der Waals surface area contributed by atoms with E-state index < -0.39 is 0 Å². The number of hydrogen-bond donors (Lipinski definition) is 3. The van der Waals surface area contributed by atoms with Crippen LogP contribution in [0.2, 0.25) is 0 Å². The fourth-order valence-electron chi connectivity index (χ4n) is 1.54. The summed E-state index contributed by atoms with van der Waals surface area (Å²) in [7, 11) is 3.29. The van der Waals surface area contributed by atoms with Gasteiger partial charge < -0.3 is 15.4 Å². The van der Waals surface area contributed by atoms with E-state index >= 15 is 0 Å². The molecule has 4 N–H and O–H groups in total. The van der Waals surface area contributed by atoms with Crippen molar-refractivity contribution in [3.63, 3.8) is 0 Å². The summed E-state index contributed by atoms with van der Waals surface area (Å²) in [6.07, 6.45) is 3.26. The van der Waals surface area contributed by atoms with Gasteiger partial charge in [0, 0.05) is 36.6 Å². The number of pyridine rings is 1. The summed E-state index contributed by atoms with van der Waals surface area (Å²) in [5, 5.41) is 6.08. The molecular weight excluding hydrogens is 218 g/mol. The van der Waals surface area contributed by atoms with E-state index in [1.165, 1.54) is 0 Å². The number of hydrogen-bond acceptors (Lipinski definition) is 5. The molecule has 0 bridgehead atoms. The topological polar surface area (TPSA) is 84.6 Å². The summed E-state index contributed by atoms with van der Waals surface area (Å²) in [6, 6.07) is 3.71. The smallest absolute Gasteiger partial charge is 0.212 e. The van der Waals surface area contributed by atoms with Crippen molar-refractivity contribution < 1.29 is 4.74 Å². The highest BCUT2D eigenvalue weighted by Gasteiger charge is 2.14. The summed E-state index contributed by atoms with van der Waals surface area (Å²) in [6.45, 7) is 0. The Labute approximate surface area is 99.6 Å². The van der Waals surface area contributed by atoms with Crippen molar-refractivity contribution in [1.82, 2.24) is 15.6 Å². The van der Waals surface area contributed by atoms with Crippen molar-refractivity contribution in [3.8, 4) is 5.88 Å². The zero-order valence-electron chi connectivity index (χ0n) is 9.77. The van der Waals surface area contributed by atoms with Gasteiger partial charge in [-0.15, -0.1) is 0 Å². The molecule has 6 nitrogen and oxygen atoms in total. The maximum atomic E-state index is 5.80. The Bertz CT molecular complexity index is 451. The van der Waals surface area contributed by atoms with E-state index in [0.717, 1.165) is 17.1 Å². The normalized spacial score (nSPS) is 21.5. The molecule has 1 atom stereocenters. The lowest BCUT2D eigenvalue weighted by atomic mass is 10.1. The third-order valence-corrected chi connectivity index (χ3v) is 2.39. The number of aromatic nitrogens is 1. The number of methoxy groups -OCH3 is 1. The molecule has 1 unspecified atom stereocenters. The third kappa shape index (κ3) is 2.54. The van der Waals surface area contributed by atoms with E-state index in [1.54, 1.807) is 26.4 Å². The Hall–Kier alpha value is -2.08. The Morgan fingerprint density at radius 1 is 1.41 bits per heavy atom. The average Bonchev–Trinajstić information content (AvgIpc) is 2.38. The third-order valence-electron chi connectivity index (χ3n) is 2.39. The molecule has 90 valence electrons. The molecule has 1 aliphatic heterocycles. The predicted octanol–water partition coefficient (Wildman–Crippen LogP) is -0.105. The number of amidine groups is 1. The van der Waals surface area contributed by atoms with Crippen LogP contribution < -0.4 is 21.1 Å². The van der Waals surface area contributed by atoms with Gasteiger partial charge in [0.05, 0.1) is 7.11 Å². The molecule has 0 aromatic carbocycles. The molecule has 0 spiro atoms. The van der Waals surface area contributed by atoms with Crippen LogP contribution in [0, 0.1) is 0 Å². The Balaban J connectivity index is 2.29. The van der Waals surface area contributed by atoms with E-state index in [0.29, 0.717) is 5.88 Å². The van der Waals surface area contributed by atoms with Crippen molar-refractivity contribution in [3.05, 3.63) is 30.0 Å². The van der Waals surface area contributed by atoms with Crippen LogP contribution >= 0.6 is 0 Å². The van der Waals surface area contributed by atoms with Gasteiger partial charge in [-0.2, -0.15) is 0 Å². The van der Waals surface area contributed by atoms with Crippen LogP contribution in [0.1, 0.15) is 5.56 Å². The summed E-state index contributed by atoms with van der Waals surface area (Å²) in [5.74, 6) is 1.32. The van der Waals surface area contributed by atoms with E-state index in [2.05, 4.69) is 20.6 Å². The van der Waals surface area contributed by atoms with E-state index in [9.17, 15) is 0 Å².